The van der Waals surface area contributed by atoms with E-state index in [2.05, 4.69) is 27.1 Å². The number of benzene rings is 1. The van der Waals surface area contributed by atoms with Gasteiger partial charge in [0.15, 0.2) is 0 Å². The summed E-state index contributed by atoms with van der Waals surface area (Å²) in [5.74, 6) is 0.670. The predicted molar refractivity (Wildman–Crippen MR) is 100 cm³/mol. The summed E-state index contributed by atoms with van der Waals surface area (Å²) in [5.41, 5.74) is 14.8. The monoisotopic (exact) mass is 337 g/mol. The number of nitrogens with zero attached hydrogens (tertiary/aromatic N) is 5. The van der Waals surface area contributed by atoms with Crippen LogP contribution < -0.4 is 16.4 Å². The molecular formula is C18H23N7. The summed E-state index contributed by atoms with van der Waals surface area (Å²) in [7, 11) is 1.91. The zero-order chi connectivity index (χ0) is 17.4. The molecule has 1 saturated carbocycles. The Labute approximate surface area is 147 Å². The van der Waals surface area contributed by atoms with Crippen molar-refractivity contribution in [3.05, 3.63) is 36.5 Å². The van der Waals surface area contributed by atoms with Crippen LogP contribution in [0.25, 0.3) is 11.3 Å². The Morgan fingerprint density at radius 1 is 1.04 bits per heavy atom. The topological polar surface area (TPSA) is 97.8 Å². The van der Waals surface area contributed by atoms with Crippen LogP contribution in [-0.2, 0) is 7.05 Å². The average Bonchev–Trinajstić information content (AvgIpc) is 3.01. The van der Waals surface area contributed by atoms with Crippen molar-refractivity contribution in [2.24, 2.45) is 28.5 Å². The molecule has 1 aliphatic carbocycles. The van der Waals surface area contributed by atoms with Gasteiger partial charge in [-0.3, -0.25) is 9.58 Å². The van der Waals surface area contributed by atoms with Crippen molar-refractivity contribution in [1.82, 2.24) is 9.78 Å². The van der Waals surface area contributed by atoms with E-state index in [9.17, 15) is 0 Å². The van der Waals surface area contributed by atoms with Gasteiger partial charge in [-0.15, -0.1) is 0 Å². The predicted octanol–water partition coefficient (Wildman–Crippen LogP) is 2.20. The Kier molecular flexibility index (Phi) is 3.71. The standard InChI is InChI=1S/C18H23N7/c1-24-12-9-14(23-24)13-7-3-4-8-15(13)25-17(20)21-16(19)22-18(25)10-5-2-6-11-18/h3-4,7-9,12H,2,5-6,10-11H2,1H3,(H4,19,20,21,22). The maximum atomic E-state index is 6.35. The van der Waals surface area contributed by atoms with Gasteiger partial charge in [-0.2, -0.15) is 10.1 Å². The molecule has 1 aromatic heterocycles. The van der Waals surface area contributed by atoms with Crippen molar-refractivity contribution in [3.63, 3.8) is 0 Å². The highest BCUT2D eigenvalue weighted by Crippen LogP contribution is 2.42. The average molecular weight is 337 g/mol. The molecule has 0 bridgehead atoms. The van der Waals surface area contributed by atoms with Gasteiger partial charge in [0, 0.05) is 18.8 Å². The largest absolute Gasteiger partial charge is 0.369 e. The first kappa shape index (κ1) is 15.7. The molecule has 0 amide bonds. The number of rotatable bonds is 2. The minimum absolute atomic E-state index is 0.269. The minimum atomic E-state index is -0.445. The molecule has 1 aromatic carbocycles. The summed E-state index contributed by atoms with van der Waals surface area (Å²) in [4.78, 5) is 11.1. The number of anilines is 1. The highest BCUT2D eigenvalue weighted by molar-refractivity contribution is 6.07. The molecule has 7 heteroatoms. The summed E-state index contributed by atoms with van der Waals surface area (Å²) < 4.78 is 1.80. The number of aromatic nitrogens is 2. The van der Waals surface area contributed by atoms with E-state index in [-0.39, 0.29) is 5.96 Å². The van der Waals surface area contributed by atoms with E-state index in [1.165, 1.54) is 6.42 Å². The van der Waals surface area contributed by atoms with Crippen LogP contribution in [0.4, 0.5) is 5.69 Å². The van der Waals surface area contributed by atoms with Gasteiger partial charge in [-0.1, -0.05) is 24.6 Å². The summed E-state index contributed by atoms with van der Waals surface area (Å²) in [6.45, 7) is 0. The van der Waals surface area contributed by atoms with E-state index in [1.54, 1.807) is 4.68 Å². The maximum Gasteiger partial charge on any atom is 0.220 e. The van der Waals surface area contributed by atoms with Crippen molar-refractivity contribution in [2.45, 2.75) is 37.8 Å². The zero-order valence-electron chi connectivity index (χ0n) is 14.4. The third kappa shape index (κ3) is 2.65. The Bertz CT molecular complexity index is 843. The number of para-hydroxylation sites is 1. The molecule has 130 valence electrons. The quantitative estimate of drug-likeness (QED) is 0.877. The molecule has 0 atom stereocenters. The van der Waals surface area contributed by atoms with Crippen LogP contribution in [0.5, 0.6) is 0 Å². The van der Waals surface area contributed by atoms with Crippen molar-refractivity contribution < 1.29 is 0 Å². The molecule has 0 unspecified atom stereocenters. The van der Waals surface area contributed by atoms with Gasteiger partial charge in [-0.05, 0) is 37.8 Å². The third-order valence-electron chi connectivity index (χ3n) is 4.99. The maximum absolute atomic E-state index is 6.35. The van der Waals surface area contributed by atoms with E-state index >= 15 is 0 Å². The normalized spacial score (nSPS) is 19.6. The number of guanidine groups is 2. The molecule has 1 aliphatic heterocycles. The summed E-state index contributed by atoms with van der Waals surface area (Å²) in [6.07, 6.45) is 7.19. The van der Waals surface area contributed by atoms with Crippen LogP contribution in [0, 0.1) is 0 Å². The fourth-order valence-electron chi connectivity index (χ4n) is 3.91. The molecule has 2 heterocycles. The SMILES string of the molecule is Cn1ccc(-c2ccccc2N2C(N)=NC(N)=NC23CCCCC3)n1. The van der Waals surface area contributed by atoms with E-state index < -0.39 is 5.66 Å². The lowest BCUT2D eigenvalue weighted by atomic mass is 9.87. The minimum Gasteiger partial charge on any atom is -0.369 e. The molecule has 4 N–H and O–H groups in total. The highest BCUT2D eigenvalue weighted by Gasteiger charge is 2.43. The second-order valence-electron chi connectivity index (χ2n) is 6.71. The molecule has 1 spiro atoms. The zero-order valence-corrected chi connectivity index (χ0v) is 14.4. The molecule has 7 nitrogen and oxygen atoms in total. The van der Waals surface area contributed by atoms with Gasteiger partial charge in [0.1, 0.15) is 5.66 Å². The number of aliphatic imine (C=N–C) groups is 2. The Morgan fingerprint density at radius 3 is 2.52 bits per heavy atom. The van der Waals surface area contributed by atoms with Crippen LogP contribution in [0.1, 0.15) is 32.1 Å². The van der Waals surface area contributed by atoms with Gasteiger partial charge in [0.2, 0.25) is 11.9 Å². The van der Waals surface area contributed by atoms with Crippen LogP contribution in [-0.4, -0.2) is 27.4 Å². The van der Waals surface area contributed by atoms with Crippen molar-refractivity contribution in [1.29, 1.82) is 0 Å². The lowest BCUT2D eigenvalue weighted by Gasteiger charge is -2.46. The van der Waals surface area contributed by atoms with Crippen LogP contribution in [0.3, 0.4) is 0 Å². The van der Waals surface area contributed by atoms with Crippen molar-refractivity contribution >= 4 is 17.6 Å². The Morgan fingerprint density at radius 2 is 1.80 bits per heavy atom. The molecule has 4 rings (SSSR count). The molecular weight excluding hydrogens is 314 g/mol. The second-order valence-corrected chi connectivity index (χ2v) is 6.71. The van der Waals surface area contributed by atoms with E-state index in [0.717, 1.165) is 42.6 Å². The van der Waals surface area contributed by atoms with Crippen molar-refractivity contribution in [2.75, 3.05) is 4.90 Å². The van der Waals surface area contributed by atoms with E-state index in [0.29, 0.717) is 5.96 Å². The van der Waals surface area contributed by atoms with Crippen molar-refractivity contribution in [3.8, 4) is 11.3 Å². The number of hydrogen-bond donors (Lipinski definition) is 2. The third-order valence-corrected chi connectivity index (χ3v) is 4.99. The van der Waals surface area contributed by atoms with Gasteiger partial charge in [-0.25, -0.2) is 4.99 Å². The van der Waals surface area contributed by atoms with Gasteiger partial charge >= 0.3 is 0 Å². The lowest BCUT2D eigenvalue weighted by molar-refractivity contribution is 0.305. The van der Waals surface area contributed by atoms with Crippen LogP contribution >= 0.6 is 0 Å². The molecule has 2 aliphatic rings. The van der Waals surface area contributed by atoms with E-state index in [4.69, 9.17) is 16.5 Å². The second kappa shape index (κ2) is 5.91. The molecule has 0 saturated heterocycles. The Hall–Kier alpha value is -2.83. The van der Waals surface area contributed by atoms with E-state index in [1.807, 2.05) is 31.4 Å². The van der Waals surface area contributed by atoms with Crippen LogP contribution in [0.2, 0.25) is 0 Å². The van der Waals surface area contributed by atoms with Gasteiger partial charge < -0.3 is 11.5 Å². The number of hydrogen-bond acceptors (Lipinski definition) is 6. The summed E-state index contributed by atoms with van der Waals surface area (Å²) in [6, 6.07) is 10.1. The lowest BCUT2D eigenvalue weighted by Crippen LogP contribution is -2.58. The first-order valence-electron chi connectivity index (χ1n) is 8.68. The fraction of sp³-hybridized carbons (Fsp3) is 0.389. The highest BCUT2D eigenvalue weighted by atomic mass is 15.4. The summed E-state index contributed by atoms with van der Waals surface area (Å²) >= 11 is 0. The Balaban J connectivity index is 1.86. The first-order chi connectivity index (χ1) is 12.1. The number of nitrogens with two attached hydrogens (primary N) is 2. The van der Waals surface area contributed by atoms with Crippen LogP contribution in [0.15, 0.2) is 46.5 Å². The molecule has 0 radical (unpaired) electrons. The molecule has 2 aromatic rings. The van der Waals surface area contributed by atoms with Gasteiger partial charge in [0.05, 0.1) is 11.4 Å². The number of aryl methyl sites for hydroxylation is 1. The smallest absolute Gasteiger partial charge is 0.220 e. The molecule has 1 fully saturated rings. The molecule has 25 heavy (non-hydrogen) atoms. The fourth-order valence-corrected chi connectivity index (χ4v) is 3.91. The first-order valence-corrected chi connectivity index (χ1v) is 8.68. The summed E-state index contributed by atoms with van der Waals surface area (Å²) in [5, 5.41) is 4.56. The van der Waals surface area contributed by atoms with Gasteiger partial charge in [0.25, 0.3) is 0 Å².